The molecule has 1 atom stereocenters. The van der Waals surface area contributed by atoms with Gasteiger partial charge in [0.1, 0.15) is 35.1 Å². The highest BCUT2D eigenvalue weighted by molar-refractivity contribution is 7.22. The van der Waals surface area contributed by atoms with Gasteiger partial charge in [-0.15, -0.1) is 11.3 Å². The van der Waals surface area contributed by atoms with E-state index < -0.39 is 18.2 Å². The van der Waals surface area contributed by atoms with E-state index >= 15 is 0 Å². The van der Waals surface area contributed by atoms with Crippen LogP contribution in [0.5, 0.6) is 5.75 Å². The van der Waals surface area contributed by atoms with Crippen LogP contribution in [-0.2, 0) is 30.8 Å². The number of hydrogen-bond donors (Lipinski definition) is 3. The molecule has 3 aromatic heterocycles. The smallest absolute Gasteiger partial charge is 0.487 e. The Balaban J connectivity index is 0.000000540. The predicted octanol–water partition coefficient (Wildman–Crippen LogP) is 6.86. The number of rotatable bonds is 9. The molecule has 4 heterocycles. The standard InChI is InChI=1S/C31H30ClFN6O2S.C2HF3O2/c32-25-13-21(6-9-27(25)41-17-19-4-3-5-20(33)12-19)36-30-28-23-7-8-26-24(29(23)42-31(28)35-18-34-30)16-39(37-26)15-22(40)14-38-10-1-2-11-38;3-2(4,5)1(6)7/h3-6,9,12-13,16,18,22,40H,1-2,7-8,10-11,14-15,17H2,(H,34,35,36);(H,6,7). The van der Waals surface area contributed by atoms with Gasteiger partial charge in [-0.05, 0) is 80.2 Å². The molecule has 2 aliphatic rings. The Morgan fingerprint density at radius 2 is 1.88 bits per heavy atom. The van der Waals surface area contributed by atoms with Gasteiger partial charge >= 0.3 is 12.1 Å². The number of halogens is 5. The molecule has 1 saturated heterocycles. The number of aliphatic hydroxyl groups excluding tert-OH is 1. The summed E-state index contributed by atoms with van der Waals surface area (Å²) in [4.78, 5) is 22.5. The van der Waals surface area contributed by atoms with Gasteiger partial charge in [0.05, 0.1) is 28.8 Å². The van der Waals surface area contributed by atoms with Gasteiger partial charge < -0.3 is 25.2 Å². The number of nitrogens with zero attached hydrogens (tertiary/aromatic N) is 5. The third kappa shape index (κ3) is 8.29. The maximum Gasteiger partial charge on any atom is 0.490 e. The van der Waals surface area contributed by atoms with Crippen molar-refractivity contribution in [1.29, 1.82) is 0 Å². The molecule has 0 amide bonds. The third-order valence-corrected chi connectivity index (χ3v) is 9.54. The van der Waals surface area contributed by atoms with Gasteiger partial charge in [-0.2, -0.15) is 18.3 Å². The van der Waals surface area contributed by atoms with E-state index in [9.17, 15) is 22.7 Å². The summed E-state index contributed by atoms with van der Waals surface area (Å²) in [7, 11) is 0. The van der Waals surface area contributed by atoms with Crippen molar-refractivity contribution in [1.82, 2.24) is 24.6 Å². The summed E-state index contributed by atoms with van der Waals surface area (Å²) in [6, 6.07) is 11.8. The Bertz CT molecular complexity index is 1960. The quantitative estimate of drug-likeness (QED) is 0.140. The molecule has 3 N–H and O–H groups in total. The second-order valence-corrected chi connectivity index (χ2v) is 13.1. The van der Waals surface area contributed by atoms with Gasteiger partial charge in [0.15, 0.2) is 0 Å². The number of aliphatic carboxylic acids is 1. The highest BCUT2D eigenvalue weighted by Crippen LogP contribution is 2.45. The lowest BCUT2D eigenvalue weighted by Gasteiger charge is -2.19. The number of alkyl halides is 3. The van der Waals surface area contributed by atoms with E-state index in [0.29, 0.717) is 23.9 Å². The molecule has 2 aromatic carbocycles. The summed E-state index contributed by atoms with van der Waals surface area (Å²) in [5.74, 6) is -1.82. The minimum Gasteiger partial charge on any atom is -0.487 e. The molecule has 1 fully saturated rings. The number of carboxylic acid groups (broad SMARTS) is 1. The Morgan fingerprint density at radius 3 is 2.59 bits per heavy atom. The van der Waals surface area contributed by atoms with Crippen LogP contribution in [0.4, 0.5) is 29.1 Å². The fraction of sp³-hybridized carbons (Fsp3) is 0.333. The summed E-state index contributed by atoms with van der Waals surface area (Å²) in [5, 5.41) is 27.5. The lowest BCUT2D eigenvalue weighted by Crippen LogP contribution is -2.32. The first-order chi connectivity index (χ1) is 23.4. The summed E-state index contributed by atoms with van der Waals surface area (Å²) < 4.78 is 53.0. The fourth-order valence-corrected chi connectivity index (χ4v) is 7.33. The second kappa shape index (κ2) is 14.7. The molecule has 0 saturated carbocycles. The van der Waals surface area contributed by atoms with Crippen molar-refractivity contribution >= 4 is 50.6 Å². The summed E-state index contributed by atoms with van der Waals surface area (Å²) >= 11 is 8.20. The number of benzene rings is 2. The van der Waals surface area contributed by atoms with Gasteiger partial charge in [0.25, 0.3) is 0 Å². The SMILES string of the molecule is O=C(O)C(F)(F)F.OC(CN1CCCC1)Cn1cc2c(n1)CCc1c-2sc2ncnc(Nc3ccc(OCc4cccc(F)c4)c(Cl)c3)c12. The normalized spacial score (nSPS) is 14.9. The summed E-state index contributed by atoms with van der Waals surface area (Å²) in [5.41, 5.74) is 4.89. The fourth-order valence-electron chi connectivity index (χ4n) is 5.87. The minimum absolute atomic E-state index is 0.216. The monoisotopic (exact) mass is 718 g/mol. The predicted molar refractivity (Wildman–Crippen MR) is 177 cm³/mol. The number of hydrogen-bond acceptors (Lipinski definition) is 9. The zero-order valence-corrected chi connectivity index (χ0v) is 27.5. The summed E-state index contributed by atoms with van der Waals surface area (Å²) in [6.45, 7) is 3.52. The van der Waals surface area contributed by atoms with Crippen molar-refractivity contribution in [2.24, 2.45) is 0 Å². The van der Waals surface area contributed by atoms with E-state index in [2.05, 4.69) is 26.4 Å². The van der Waals surface area contributed by atoms with Crippen molar-refractivity contribution in [2.45, 2.75) is 51.1 Å². The van der Waals surface area contributed by atoms with Crippen molar-refractivity contribution in [3.8, 4) is 16.2 Å². The molecule has 7 rings (SSSR count). The van der Waals surface area contributed by atoms with Crippen LogP contribution in [0.2, 0.25) is 5.02 Å². The highest BCUT2D eigenvalue weighted by Gasteiger charge is 2.38. The van der Waals surface area contributed by atoms with E-state index in [1.807, 2.05) is 16.8 Å². The van der Waals surface area contributed by atoms with Gasteiger partial charge in [-0.1, -0.05) is 23.7 Å². The van der Waals surface area contributed by atoms with Crippen LogP contribution < -0.4 is 10.1 Å². The van der Waals surface area contributed by atoms with Crippen LogP contribution in [0.15, 0.2) is 55.0 Å². The maximum absolute atomic E-state index is 13.5. The number of aromatic nitrogens is 4. The lowest BCUT2D eigenvalue weighted by molar-refractivity contribution is -0.192. The first kappa shape index (κ1) is 34.5. The maximum atomic E-state index is 13.5. The number of aliphatic hydroxyl groups is 1. The molecule has 49 heavy (non-hydrogen) atoms. The zero-order valence-electron chi connectivity index (χ0n) is 25.9. The largest absolute Gasteiger partial charge is 0.490 e. The molecule has 1 aliphatic heterocycles. The molecule has 5 aromatic rings. The van der Waals surface area contributed by atoms with Gasteiger partial charge in [0.2, 0.25) is 0 Å². The van der Waals surface area contributed by atoms with Crippen LogP contribution in [0, 0.1) is 5.82 Å². The number of nitrogens with one attached hydrogen (secondary N) is 1. The van der Waals surface area contributed by atoms with E-state index in [-0.39, 0.29) is 12.4 Å². The molecule has 1 aliphatic carbocycles. The van der Waals surface area contributed by atoms with Crippen LogP contribution in [0.3, 0.4) is 0 Å². The topological polar surface area (TPSA) is 126 Å². The number of fused-ring (bicyclic) bond motifs is 5. The second-order valence-electron chi connectivity index (χ2n) is 11.7. The third-order valence-electron chi connectivity index (χ3n) is 8.07. The molecule has 0 spiro atoms. The number of anilines is 2. The number of carboxylic acids is 1. The van der Waals surface area contributed by atoms with E-state index in [0.717, 1.165) is 69.4 Å². The van der Waals surface area contributed by atoms with Crippen molar-refractivity contribution in [3.05, 3.63) is 82.6 Å². The first-order valence-corrected chi connectivity index (χ1v) is 16.6. The van der Waals surface area contributed by atoms with E-state index in [1.165, 1.54) is 30.5 Å². The number of β-amino-alcohol motifs (C(OH)–C–C–N with tert-alkyl or cyclic N) is 1. The van der Waals surface area contributed by atoms with E-state index in [1.54, 1.807) is 35.9 Å². The van der Waals surface area contributed by atoms with Crippen LogP contribution in [0.25, 0.3) is 20.7 Å². The van der Waals surface area contributed by atoms with Crippen LogP contribution in [-0.4, -0.2) is 72.7 Å². The number of ether oxygens (including phenoxy) is 1. The molecular weight excluding hydrogens is 688 g/mol. The Hall–Kier alpha value is -4.31. The molecule has 1 unspecified atom stereocenters. The number of carbonyl (C=O) groups is 1. The molecule has 258 valence electrons. The van der Waals surface area contributed by atoms with Crippen molar-refractivity contribution in [2.75, 3.05) is 25.0 Å². The number of aryl methyl sites for hydroxylation is 2. The Labute approximate surface area is 286 Å². The molecular formula is C33H31ClF4N6O4S. The van der Waals surface area contributed by atoms with Crippen LogP contribution in [0.1, 0.15) is 29.7 Å². The molecule has 0 radical (unpaired) electrons. The zero-order chi connectivity index (χ0) is 34.7. The summed E-state index contributed by atoms with van der Waals surface area (Å²) in [6.07, 6.45) is 2.19. The lowest BCUT2D eigenvalue weighted by atomic mass is 9.95. The minimum atomic E-state index is -5.08. The van der Waals surface area contributed by atoms with Gasteiger partial charge in [-0.3, -0.25) is 4.68 Å². The molecule has 0 bridgehead atoms. The highest BCUT2D eigenvalue weighted by atomic mass is 35.5. The molecule has 10 nitrogen and oxygen atoms in total. The number of likely N-dealkylation sites (tertiary alicyclic amines) is 1. The number of thiophene rings is 1. The van der Waals surface area contributed by atoms with Crippen LogP contribution >= 0.6 is 22.9 Å². The van der Waals surface area contributed by atoms with Crippen molar-refractivity contribution < 1.29 is 37.3 Å². The first-order valence-electron chi connectivity index (χ1n) is 15.4. The molecule has 16 heteroatoms. The average molecular weight is 719 g/mol. The average Bonchev–Trinajstić information content (AvgIpc) is 3.79. The van der Waals surface area contributed by atoms with Gasteiger partial charge in [-0.25, -0.2) is 19.2 Å². The Morgan fingerprint density at radius 1 is 1.10 bits per heavy atom. The Kier molecular flexibility index (Phi) is 10.3. The van der Waals surface area contributed by atoms with Gasteiger partial charge in [0, 0.05) is 28.9 Å². The van der Waals surface area contributed by atoms with Crippen molar-refractivity contribution in [3.63, 3.8) is 0 Å². The van der Waals surface area contributed by atoms with E-state index in [4.69, 9.17) is 31.3 Å².